The van der Waals surface area contributed by atoms with Gasteiger partial charge in [-0.15, -0.1) is 0 Å². The van der Waals surface area contributed by atoms with Crippen LogP contribution in [0, 0.1) is 11.3 Å². The van der Waals surface area contributed by atoms with Crippen LogP contribution in [0.4, 0.5) is 0 Å². The lowest BCUT2D eigenvalue weighted by molar-refractivity contribution is -0.152. The molecule has 0 aromatic rings. The SMILES string of the molecule is CC1=CC(OC=C2C(=O)O[C@@H]3C4=C(CCCC4(C)C)C[C@H]23)OC1=O. The fourth-order valence-electron chi connectivity index (χ4n) is 4.46. The van der Waals surface area contributed by atoms with Crippen molar-refractivity contribution in [3.8, 4) is 0 Å². The first-order valence-electron chi connectivity index (χ1n) is 8.55. The predicted octanol–water partition coefficient (Wildman–Crippen LogP) is 3.17. The number of fused-ring (bicyclic) bond motifs is 2. The molecular formula is C19H22O5. The topological polar surface area (TPSA) is 61.8 Å². The van der Waals surface area contributed by atoms with Gasteiger partial charge in [-0.2, -0.15) is 0 Å². The van der Waals surface area contributed by atoms with Crippen LogP contribution in [-0.2, 0) is 23.8 Å². The summed E-state index contributed by atoms with van der Waals surface area (Å²) in [5, 5.41) is 0. The second-order valence-corrected chi connectivity index (χ2v) is 7.72. The summed E-state index contributed by atoms with van der Waals surface area (Å²) in [6.07, 6.45) is 6.42. The minimum atomic E-state index is -0.753. The third-order valence-corrected chi connectivity index (χ3v) is 5.64. The molecule has 24 heavy (non-hydrogen) atoms. The first-order valence-corrected chi connectivity index (χ1v) is 8.55. The van der Waals surface area contributed by atoms with Crippen LogP contribution in [0.5, 0.6) is 0 Å². The van der Waals surface area contributed by atoms with Gasteiger partial charge in [0.25, 0.3) is 6.29 Å². The average Bonchev–Trinajstić information content (AvgIpc) is 3.10. The summed E-state index contributed by atoms with van der Waals surface area (Å²) in [7, 11) is 0. The Balaban J connectivity index is 1.55. The molecule has 5 heteroatoms. The van der Waals surface area contributed by atoms with E-state index in [1.807, 2.05) is 0 Å². The van der Waals surface area contributed by atoms with E-state index in [1.165, 1.54) is 23.8 Å². The van der Waals surface area contributed by atoms with Crippen LogP contribution in [0.1, 0.15) is 46.5 Å². The highest BCUT2D eigenvalue weighted by atomic mass is 16.7. The average molecular weight is 330 g/mol. The minimum Gasteiger partial charge on any atom is -0.458 e. The van der Waals surface area contributed by atoms with Crippen molar-refractivity contribution in [2.24, 2.45) is 11.3 Å². The van der Waals surface area contributed by atoms with E-state index in [0.717, 1.165) is 19.3 Å². The van der Waals surface area contributed by atoms with Gasteiger partial charge in [-0.3, -0.25) is 0 Å². The number of rotatable bonds is 2. The number of hydrogen-bond donors (Lipinski definition) is 0. The lowest BCUT2D eigenvalue weighted by Gasteiger charge is -2.34. The summed E-state index contributed by atoms with van der Waals surface area (Å²) < 4.78 is 16.2. The van der Waals surface area contributed by atoms with Crippen molar-refractivity contribution in [1.82, 2.24) is 0 Å². The van der Waals surface area contributed by atoms with Crippen molar-refractivity contribution in [1.29, 1.82) is 0 Å². The van der Waals surface area contributed by atoms with E-state index in [2.05, 4.69) is 13.8 Å². The monoisotopic (exact) mass is 330 g/mol. The highest BCUT2D eigenvalue weighted by Gasteiger charge is 2.52. The zero-order valence-corrected chi connectivity index (χ0v) is 14.3. The van der Waals surface area contributed by atoms with Crippen molar-refractivity contribution in [2.75, 3.05) is 0 Å². The van der Waals surface area contributed by atoms with Gasteiger partial charge in [0.05, 0.1) is 11.8 Å². The lowest BCUT2D eigenvalue weighted by atomic mass is 9.72. The maximum Gasteiger partial charge on any atom is 0.338 e. The number of allylic oxidation sites excluding steroid dienone is 1. The molecule has 1 fully saturated rings. The fraction of sp³-hybridized carbons (Fsp3) is 0.579. The van der Waals surface area contributed by atoms with E-state index in [9.17, 15) is 9.59 Å². The Kier molecular flexibility index (Phi) is 3.37. The Hall–Kier alpha value is -2.04. The first-order chi connectivity index (χ1) is 11.4. The molecule has 5 nitrogen and oxygen atoms in total. The van der Waals surface area contributed by atoms with E-state index in [-0.39, 0.29) is 29.4 Å². The molecule has 0 aromatic heterocycles. The van der Waals surface area contributed by atoms with Crippen LogP contribution < -0.4 is 0 Å². The van der Waals surface area contributed by atoms with Crippen molar-refractivity contribution < 1.29 is 23.8 Å². The first kappa shape index (κ1) is 15.5. The molecule has 1 unspecified atom stereocenters. The van der Waals surface area contributed by atoms with Gasteiger partial charge in [0.15, 0.2) is 0 Å². The third-order valence-electron chi connectivity index (χ3n) is 5.64. The van der Waals surface area contributed by atoms with E-state index in [4.69, 9.17) is 14.2 Å². The van der Waals surface area contributed by atoms with Gasteiger partial charge in [-0.1, -0.05) is 19.4 Å². The van der Waals surface area contributed by atoms with Crippen molar-refractivity contribution in [3.63, 3.8) is 0 Å². The van der Waals surface area contributed by atoms with Gasteiger partial charge in [-0.25, -0.2) is 9.59 Å². The molecule has 128 valence electrons. The molecule has 0 aromatic carbocycles. The molecule has 0 saturated carbocycles. The Morgan fingerprint density at radius 2 is 2.04 bits per heavy atom. The maximum atomic E-state index is 12.3. The standard InChI is InChI=1S/C19H22O5/c1-10-7-14(23-17(10)20)22-9-13-12-8-11-5-4-6-19(2,3)15(11)16(12)24-18(13)21/h7,9,12,14,16H,4-6,8H2,1-3H3/t12-,14?,16+/m1/s1. The van der Waals surface area contributed by atoms with Crippen LogP contribution in [-0.4, -0.2) is 24.3 Å². The Morgan fingerprint density at radius 1 is 1.25 bits per heavy atom. The molecule has 4 aliphatic rings. The van der Waals surface area contributed by atoms with E-state index in [0.29, 0.717) is 11.1 Å². The van der Waals surface area contributed by atoms with Gasteiger partial charge in [-0.05, 0) is 43.6 Å². The molecule has 0 N–H and O–H groups in total. The molecule has 2 heterocycles. The number of carbonyl (C=O) groups is 2. The number of ether oxygens (including phenoxy) is 3. The quantitative estimate of drug-likeness (QED) is 0.337. The number of esters is 2. The smallest absolute Gasteiger partial charge is 0.338 e. The van der Waals surface area contributed by atoms with Gasteiger partial charge >= 0.3 is 11.9 Å². The number of hydrogen-bond acceptors (Lipinski definition) is 5. The van der Waals surface area contributed by atoms with E-state index in [1.54, 1.807) is 13.0 Å². The van der Waals surface area contributed by atoms with Gasteiger partial charge in [0.2, 0.25) is 0 Å². The molecule has 2 aliphatic carbocycles. The Labute approximate surface area is 141 Å². The van der Waals surface area contributed by atoms with Crippen LogP contribution >= 0.6 is 0 Å². The van der Waals surface area contributed by atoms with Gasteiger partial charge < -0.3 is 14.2 Å². The molecular weight excluding hydrogens is 308 g/mol. The maximum absolute atomic E-state index is 12.3. The number of cyclic esters (lactones) is 1. The molecule has 3 atom stereocenters. The Morgan fingerprint density at radius 3 is 2.75 bits per heavy atom. The van der Waals surface area contributed by atoms with E-state index >= 15 is 0 Å². The zero-order valence-electron chi connectivity index (χ0n) is 14.3. The van der Waals surface area contributed by atoms with Gasteiger partial charge in [0, 0.05) is 17.6 Å². The van der Waals surface area contributed by atoms with Crippen molar-refractivity contribution >= 4 is 11.9 Å². The summed E-state index contributed by atoms with van der Waals surface area (Å²) in [5.74, 6) is -0.671. The normalized spacial score (nSPS) is 35.5. The molecule has 0 spiro atoms. The second kappa shape index (κ2) is 5.23. The molecule has 2 aliphatic heterocycles. The van der Waals surface area contributed by atoms with Crippen molar-refractivity contribution in [2.45, 2.75) is 58.8 Å². The third kappa shape index (κ3) is 2.29. The molecule has 0 amide bonds. The van der Waals surface area contributed by atoms with Crippen LogP contribution in [0.2, 0.25) is 0 Å². The summed E-state index contributed by atoms with van der Waals surface area (Å²) in [6, 6.07) is 0. The van der Waals surface area contributed by atoms with E-state index < -0.39 is 6.29 Å². The highest BCUT2D eigenvalue weighted by Crippen LogP contribution is 2.54. The lowest BCUT2D eigenvalue weighted by Crippen LogP contribution is -2.27. The molecule has 4 rings (SSSR count). The molecule has 0 radical (unpaired) electrons. The van der Waals surface area contributed by atoms with Crippen molar-refractivity contribution in [3.05, 3.63) is 34.6 Å². The largest absolute Gasteiger partial charge is 0.458 e. The number of carbonyl (C=O) groups excluding carboxylic acids is 2. The van der Waals surface area contributed by atoms with Crippen LogP contribution in [0.25, 0.3) is 0 Å². The molecule has 1 saturated heterocycles. The predicted molar refractivity (Wildman–Crippen MR) is 85.5 cm³/mol. The fourth-order valence-corrected chi connectivity index (χ4v) is 4.46. The summed E-state index contributed by atoms with van der Waals surface area (Å²) in [6.45, 7) is 6.15. The second-order valence-electron chi connectivity index (χ2n) is 7.72. The highest BCUT2D eigenvalue weighted by molar-refractivity contribution is 5.92. The summed E-state index contributed by atoms with van der Waals surface area (Å²) in [5.41, 5.74) is 3.93. The minimum absolute atomic E-state index is 0.0297. The Bertz CT molecular complexity index is 709. The molecule has 0 bridgehead atoms. The summed E-state index contributed by atoms with van der Waals surface area (Å²) in [4.78, 5) is 23.7. The van der Waals surface area contributed by atoms with Crippen LogP contribution in [0.15, 0.2) is 34.6 Å². The summed E-state index contributed by atoms with van der Waals surface area (Å²) >= 11 is 0. The van der Waals surface area contributed by atoms with Gasteiger partial charge in [0.1, 0.15) is 6.10 Å². The zero-order chi connectivity index (χ0) is 17.1. The van der Waals surface area contributed by atoms with Crippen LogP contribution in [0.3, 0.4) is 0 Å².